The van der Waals surface area contributed by atoms with Crippen LogP contribution in [0.1, 0.15) is 17.0 Å². The number of nitrogens with zero attached hydrogens (tertiary/aromatic N) is 1. The molecule has 0 amide bonds. The lowest BCUT2D eigenvalue weighted by atomic mass is 10.2. The molecule has 3 rings (SSSR count). The van der Waals surface area contributed by atoms with Crippen molar-refractivity contribution in [2.45, 2.75) is 20.0 Å². The summed E-state index contributed by atoms with van der Waals surface area (Å²) in [5, 5.41) is 3.40. The maximum absolute atomic E-state index is 5.76. The summed E-state index contributed by atoms with van der Waals surface area (Å²) in [7, 11) is 0. The first kappa shape index (κ1) is 12.7. The lowest BCUT2D eigenvalue weighted by Gasteiger charge is -2.05. The average molecular weight is 267 g/mol. The van der Waals surface area contributed by atoms with Gasteiger partial charge in [0.1, 0.15) is 5.52 Å². The van der Waals surface area contributed by atoms with Crippen molar-refractivity contribution >= 4 is 16.8 Å². The summed E-state index contributed by atoms with van der Waals surface area (Å²) >= 11 is 0. The molecule has 4 heteroatoms. The van der Waals surface area contributed by atoms with E-state index in [2.05, 4.69) is 22.4 Å². The largest absolute Gasteiger partial charge is 0.441 e. The van der Waals surface area contributed by atoms with Crippen LogP contribution in [0.4, 0.5) is 5.69 Å². The number of anilines is 1. The predicted octanol–water partition coefficient (Wildman–Crippen LogP) is 3.01. The van der Waals surface area contributed by atoms with E-state index in [1.54, 1.807) is 0 Å². The van der Waals surface area contributed by atoms with Gasteiger partial charge in [-0.15, -0.1) is 0 Å². The van der Waals surface area contributed by atoms with Gasteiger partial charge in [-0.1, -0.05) is 18.2 Å². The number of rotatable bonds is 4. The highest BCUT2D eigenvalue weighted by molar-refractivity contribution is 5.73. The number of aryl methyl sites for hydroxylation is 1. The Balaban J connectivity index is 1.64. The smallest absolute Gasteiger partial charge is 0.192 e. The number of hydrogen-bond acceptors (Lipinski definition) is 4. The van der Waals surface area contributed by atoms with Gasteiger partial charge in [-0.2, -0.15) is 0 Å². The fourth-order valence-electron chi connectivity index (χ4n) is 2.25. The summed E-state index contributed by atoms with van der Waals surface area (Å²) in [6.45, 7) is 3.43. The van der Waals surface area contributed by atoms with Crippen LogP contribution in [0.5, 0.6) is 0 Å². The van der Waals surface area contributed by atoms with Crippen molar-refractivity contribution in [2.24, 2.45) is 0 Å². The summed E-state index contributed by atoms with van der Waals surface area (Å²) in [5.41, 5.74) is 10.7. The number of benzene rings is 2. The van der Waals surface area contributed by atoms with E-state index in [4.69, 9.17) is 10.2 Å². The van der Waals surface area contributed by atoms with E-state index in [-0.39, 0.29) is 0 Å². The first-order valence-electron chi connectivity index (χ1n) is 6.62. The molecule has 20 heavy (non-hydrogen) atoms. The minimum Gasteiger partial charge on any atom is -0.441 e. The van der Waals surface area contributed by atoms with Crippen LogP contribution in [0.15, 0.2) is 46.9 Å². The molecule has 0 unspecified atom stereocenters. The van der Waals surface area contributed by atoms with Gasteiger partial charge in [0.25, 0.3) is 0 Å². The molecule has 0 bridgehead atoms. The Hall–Kier alpha value is -2.33. The minimum absolute atomic E-state index is 0.699. The molecular formula is C16H17N3O. The van der Waals surface area contributed by atoms with Crippen LogP contribution in [0, 0.1) is 6.92 Å². The molecule has 1 heterocycles. The summed E-state index contributed by atoms with van der Waals surface area (Å²) in [5.74, 6) is 0.699. The highest BCUT2D eigenvalue weighted by Crippen LogP contribution is 2.17. The van der Waals surface area contributed by atoms with Crippen LogP contribution in [0.3, 0.4) is 0 Å². The molecule has 1 aromatic heterocycles. The van der Waals surface area contributed by atoms with Crippen LogP contribution in [0.25, 0.3) is 11.1 Å². The van der Waals surface area contributed by atoms with Gasteiger partial charge >= 0.3 is 0 Å². The Bertz CT molecular complexity index is 733. The Labute approximate surface area is 117 Å². The van der Waals surface area contributed by atoms with Crippen molar-refractivity contribution in [3.63, 3.8) is 0 Å². The third-order valence-electron chi connectivity index (χ3n) is 3.17. The molecule has 0 aliphatic rings. The van der Waals surface area contributed by atoms with E-state index >= 15 is 0 Å². The van der Waals surface area contributed by atoms with Gasteiger partial charge < -0.3 is 15.5 Å². The van der Waals surface area contributed by atoms with Crippen LogP contribution >= 0.6 is 0 Å². The molecular weight excluding hydrogens is 250 g/mol. The molecule has 0 atom stereocenters. The molecule has 3 N–H and O–H groups in total. The maximum Gasteiger partial charge on any atom is 0.192 e. The van der Waals surface area contributed by atoms with Crippen LogP contribution in [-0.4, -0.2) is 4.98 Å². The average Bonchev–Trinajstić information content (AvgIpc) is 2.78. The first-order chi connectivity index (χ1) is 9.70. The quantitative estimate of drug-likeness (QED) is 0.713. The zero-order chi connectivity index (χ0) is 13.9. The third-order valence-corrected chi connectivity index (χ3v) is 3.17. The summed E-state index contributed by atoms with van der Waals surface area (Å²) < 4.78 is 5.53. The standard InChI is InChI=1S/C16H17N3O/c1-11-19-15-6-5-13(8-16(15)20-11)10-18-9-12-3-2-4-14(17)7-12/h2-8,18H,9-10,17H2,1H3. The van der Waals surface area contributed by atoms with Crippen LogP contribution in [0.2, 0.25) is 0 Å². The molecule has 0 fully saturated rings. The highest BCUT2D eigenvalue weighted by Gasteiger charge is 2.03. The Morgan fingerprint density at radius 1 is 1.10 bits per heavy atom. The van der Waals surface area contributed by atoms with E-state index in [0.717, 1.165) is 29.9 Å². The van der Waals surface area contributed by atoms with Crippen molar-refractivity contribution in [1.82, 2.24) is 10.3 Å². The number of fused-ring (bicyclic) bond motifs is 1. The molecule has 102 valence electrons. The molecule has 0 saturated heterocycles. The van der Waals surface area contributed by atoms with Crippen molar-refractivity contribution in [3.8, 4) is 0 Å². The molecule has 4 nitrogen and oxygen atoms in total. The predicted molar refractivity (Wildman–Crippen MR) is 80.1 cm³/mol. The van der Waals surface area contributed by atoms with Crippen molar-refractivity contribution in [2.75, 3.05) is 5.73 Å². The third kappa shape index (κ3) is 2.81. The van der Waals surface area contributed by atoms with Crippen LogP contribution < -0.4 is 11.1 Å². The highest BCUT2D eigenvalue weighted by atomic mass is 16.3. The number of nitrogens with two attached hydrogens (primary N) is 1. The molecule has 0 spiro atoms. The number of hydrogen-bond donors (Lipinski definition) is 2. The van der Waals surface area contributed by atoms with Crippen molar-refractivity contribution in [3.05, 3.63) is 59.5 Å². The first-order valence-corrected chi connectivity index (χ1v) is 6.62. The van der Waals surface area contributed by atoms with Gasteiger partial charge in [-0.25, -0.2) is 4.98 Å². The van der Waals surface area contributed by atoms with E-state index in [1.807, 2.05) is 37.3 Å². The monoisotopic (exact) mass is 267 g/mol. The van der Waals surface area contributed by atoms with Crippen molar-refractivity contribution in [1.29, 1.82) is 0 Å². The molecule has 0 radical (unpaired) electrons. The summed E-state index contributed by atoms with van der Waals surface area (Å²) in [6.07, 6.45) is 0. The van der Waals surface area contributed by atoms with E-state index in [9.17, 15) is 0 Å². The Morgan fingerprint density at radius 2 is 1.90 bits per heavy atom. The van der Waals surface area contributed by atoms with Crippen molar-refractivity contribution < 1.29 is 4.42 Å². The number of nitrogen functional groups attached to an aromatic ring is 1. The normalized spacial score (nSPS) is 11.1. The van der Waals surface area contributed by atoms with Crippen LogP contribution in [-0.2, 0) is 13.1 Å². The fourth-order valence-corrected chi connectivity index (χ4v) is 2.25. The number of aromatic nitrogens is 1. The van der Waals surface area contributed by atoms with E-state index < -0.39 is 0 Å². The zero-order valence-electron chi connectivity index (χ0n) is 11.4. The minimum atomic E-state index is 0.699. The molecule has 0 saturated carbocycles. The Kier molecular flexibility index (Phi) is 3.39. The zero-order valence-corrected chi connectivity index (χ0v) is 11.4. The Morgan fingerprint density at radius 3 is 2.70 bits per heavy atom. The number of oxazole rings is 1. The van der Waals surface area contributed by atoms with E-state index in [0.29, 0.717) is 5.89 Å². The SMILES string of the molecule is Cc1nc2ccc(CNCc3cccc(N)c3)cc2o1. The fraction of sp³-hybridized carbons (Fsp3) is 0.188. The summed E-state index contributed by atoms with van der Waals surface area (Å²) in [4.78, 5) is 4.29. The maximum atomic E-state index is 5.76. The molecule has 2 aromatic carbocycles. The van der Waals surface area contributed by atoms with E-state index in [1.165, 1.54) is 11.1 Å². The molecule has 3 aromatic rings. The summed E-state index contributed by atoms with van der Waals surface area (Å²) in [6, 6.07) is 14.0. The van der Waals surface area contributed by atoms with Gasteiger partial charge in [0.15, 0.2) is 11.5 Å². The second kappa shape index (κ2) is 5.35. The second-order valence-electron chi connectivity index (χ2n) is 4.88. The lowest BCUT2D eigenvalue weighted by Crippen LogP contribution is -2.12. The topological polar surface area (TPSA) is 64.1 Å². The molecule has 0 aliphatic heterocycles. The van der Waals surface area contributed by atoms with Gasteiger partial charge in [-0.05, 0) is 35.4 Å². The number of nitrogens with one attached hydrogen (secondary N) is 1. The van der Waals surface area contributed by atoms with Gasteiger partial charge in [-0.3, -0.25) is 0 Å². The molecule has 0 aliphatic carbocycles. The van der Waals surface area contributed by atoms with Gasteiger partial charge in [0.05, 0.1) is 0 Å². The lowest BCUT2D eigenvalue weighted by molar-refractivity contribution is 0.560. The second-order valence-corrected chi connectivity index (χ2v) is 4.88. The van der Waals surface area contributed by atoms with Gasteiger partial charge in [0.2, 0.25) is 0 Å². The van der Waals surface area contributed by atoms with Gasteiger partial charge in [0, 0.05) is 25.7 Å².